The molecule has 0 bridgehead atoms. The van der Waals surface area contributed by atoms with E-state index in [1.54, 1.807) is 22.8 Å². The van der Waals surface area contributed by atoms with Crippen LogP contribution in [0, 0.1) is 5.92 Å². The standard InChI is InChI=1S/C20H26F3N3O2/c1-3-18(27)26-12-16(14-5-4-6-15(11-14)20(21,22)23)17(13-26)19(28)25-9-7-24(2)8-10-25/h4-6,11,16-17H,3,7-10,12-13H2,1-2H3/t16-,17+/m0/s1. The number of carbonyl (C=O) groups excluding carboxylic acids is 2. The Labute approximate surface area is 163 Å². The van der Waals surface area contributed by atoms with Crippen LogP contribution in [0.3, 0.4) is 0 Å². The van der Waals surface area contributed by atoms with E-state index in [1.807, 2.05) is 7.05 Å². The van der Waals surface area contributed by atoms with Gasteiger partial charge in [-0.2, -0.15) is 13.2 Å². The quantitative estimate of drug-likeness (QED) is 0.787. The number of nitrogens with zero attached hydrogens (tertiary/aromatic N) is 3. The lowest BCUT2D eigenvalue weighted by molar-refractivity contribution is -0.138. The molecule has 2 fully saturated rings. The lowest BCUT2D eigenvalue weighted by Gasteiger charge is -2.35. The van der Waals surface area contributed by atoms with Crippen LogP contribution in [0.15, 0.2) is 24.3 Å². The highest BCUT2D eigenvalue weighted by molar-refractivity contribution is 5.83. The average molecular weight is 397 g/mol. The molecule has 0 aliphatic carbocycles. The largest absolute Gasteiger partial charge is 0.416 e. The van der Waals surface area contributed by atoms with Crippen LogP contribution in [0.5, 0.6) is 0 Å². The van der Waals surface area contributed by atoms with Crippen LogP contribution >= 0.6 is 0 Å². The van der Waals surface area contributed by atoms with Crippen LogP contribution < -0.4 is 0 Å². The first-order valence-corrected chi connectivity index (χ1v) is 9.63. The number of halogens is 3. The third-order valence-corrected chi connectivity index (χ3v) is 5.75. The van der Waals surface area contributed by atoms with Gasteiger partial charge in [0, 0.05) is 51.6 Å². The van der Waals surface area contributed by atoms with Gasteiger partial charge in [-0.15, -0.1) is 0 Å². The molecule has 0 saturated carbocycles. The Balaban J connectivity index is 1.87. The number of rotatable bonds is 3. The summed E-state index contributed by atoms with van der Waals surface area (Å²) >= 11 is 0. The second-order valence-corrected chi connectivity index (χ2v) is 7.62. The number of likely N-dealkylation sites (tertiary alicyclic amines) is 1. The number of piperazine rings is 1. The van der Waals surface area contributed by atoms with Crippen LogP contribution in [0.1, 0.15) is 30.4 Å². The molecule has 2 aliphatic heterocycles. The van der Waals surface area contributed by atoms with Gasteiger partial charge >= 0.3 is 6.18 Å². The minimum absolute atomic E-state index is 0.0677. The lowest BCUT2D eigenvalue weighted by atomic mass is 9.87. The molecular weight excluding hydrogens is 371 g/mol. The number of amides is 2. The van der Waals surface area contributed by atoms with E-state index in [1.165, 1.54) is 6.07 Å². The molecule has 1 aromatic rings. The zero-order valence-electron chi connectivity index (χ0n) is 16.2. The van der Waals surface area contributed by atoms with Gasteiger partial charge in [0.05, 0.1) is 11.5 Å². The Kier molecular flexibility index (Phi) is 5.98. The van der Waals surface area contributed by atoms with E-state index >= 15 is 0 Å². The van der Waals surface area contributed by atoms with Gasteiger partial charge in [-0.05, 0) is 18.7 Å². The number of likely N-dealkylation sites (N-methyl/N-ethyl adjacent to an activating group) is 1. The number of benzene rings is 1. The summed E-state index contributed by atoms with van der Waals surface area (Å²) in [6.07, 6.45) is -4.13. The van der Waals surface area contributed by atoms with Crippen molar-refractivity contribution in [2.24, 2.45) is 5.92 Å². The zero-order valence-corrected chi connectivity index (χ0v) is 16.2. The molecule has 154 valence electrons. The van der Waals surface area contributed by atoms with E-state index in [9.17, 15) is 22.8 Å². The van der Waals surface area contributed by atoms with Crippen molar-refractivity contribution in [3.63, 3.8) is 0 Å². The third-order valence-electron chi connectivity index (χ3n) is 5.75. The second kappa shape index (κ2) is 8.11. The smallest absolute Gasteiger partial charge is 0.341 e. The monoisotopic (exact) mass is 397 g/mol. The maximum atomic E-state index is 13.2. The highest BCUT2D eigenvalue weighted by Gasteiger charge is 2.42. The molecule has 8 heteroatoms. The fourth-order valence-electron chi connectivity index (χ4n) is 4.03. The molecule has 0 aromatic heterocycles. The molecule has 0 spiro atoms. The van der Waals surface area contributed by atoms with Crippen LogP contribution in [0.2, 0.25) is 0 Å². The first-order valence-electron chi connectivity index (χ1n) is 9.63. The minimum atomic E-state index is -4.44. The first kappa shape index (κ1) is 20.6. The fraction of sp³-hybridized carbons (Fsp3) is 0.600. The van der Waals surface area contributed by atoms with Crippen molar-refractivity contribution < 1.29 is 22.8 Å². The van der Waals surface area contributed by atoms with Gasteiger partial charge in [-0.1, -0.05) is 25.1 Å². The number of hydrogen-bond donors (Lipinski definition) is 0. The van der Waals surface area contributed by atoms with Gasteiger partial charge in [0.1, 0.15) is 0 Å². The topological polar surface area (TPSA) is 43.9 Å². The lowest BCUT2D eigenvalue weighted by Crippen LogP contribution is -2.50. The van der Waals surface area contributed by atoms with Crippen molar-refractivity contribution >= 4 is 11.8 Å². The van der Waals surface area contributed by atoms with Crippen molar-refractivity contribution in [3.05, 3.63) is 35.4 Å². The summed E-state index contributed by atoms with van der Waals surface area (Å²) < 4.78 is 39.5. The Bertz CT molecular complexity index is 730. The molecule has 2 saturated heterocycles. The Morgan fingerprint density at radius 1 is 1.07 bits per heavy atom. The summed E-state index contributed by atoms with van der Waals surface area (Å²) in [5.74, 6) is -1.08. The predicted octanol–water partition coefficient (Wildman–Crippen LogP) is 2.43. The van der Waals surface area contributed by atoms with Crippen molar-refractivity contribution in [2.45, 2.75) is 25.4 Å². The maximum Gasteiger partial charge on any atom is 0.416 e. The summed E-state index contributed by atoms with van der Waals surface area (Å²) in [5, 5.41) is 0. The van der Waals surface area contributed by atoms with E-state index in [-0.39, 0.29) is 24.9 Å². The molecule has 2 atom stereocenters. The maximum absolute atomic E-state index is 13.2. The van der Waals surface area contributed by atoms with E-state index in [2.05, 4.69) is 4.90 Å². The molecular formula is C20H26F3N3O2. The van der Waals surface area contributed by atoms with Crippen molar-refractivity contribution in [2.75, 3.05) is 46.3 Å². The van der Waals surface area contributed by atoms with Crippen LogP contribution in [0.4, 0.5) is 13.2 Å². The Hall–Kier alpha value is -2.09. The van der Waals surface area contributed by atoms with Crippen molar-refractivity contribution in [1.29, 1.82) is 0 Å². The summed E-state index contributed by atoms with van der Waals surface area (Å²) in [7, 11) is 1.99. The molecule has 0 N–H and O–H groups in total. The summed E-state index contributed by atoms with van der Waals surface area (Å²) in [6, 6.07) is 5.16. The SMILES string of the molecule is CCC(=O)N1C[C@@H](C(=O)N2CCN(C)CC2)[C@H](c2cccc(C(F)(F)F)c2)C1. The first-order chi connectivity index (χ1) is 13.2. The fourth-order valence-corrected chi connectivity index (χ4v) is 4.03. The molecule has 28 heavy (non-hydrogen) atoms. The summed E-state index contributed by atoms with van der Waals surface area (Å²) in [6.45, 7) is 5.02. The number of hydrogen-bond acceptors (Lipinski definition) is 3. The minimum Gasteiger partial charge on any atom is -0.341 e. The van der Waals surface area contributed by atoms with E-state index in [0.717, 1.165) is 25.2 Å². The van der Waals surface area contributed by atoms with Gasteiger partial charge in [-0.25, -0.2) is 0 Å². The molecule has 2 amide bonds. The average Bonchev–Trinajstić information content (AvgIpc) is 3.12. The van der Waals surface area contributed by atoms with Gasteiger partial charge in [0.25, 0.3) is 0 Å². The molecule has 0 radical (unpaired) electrons. The molecule has 1 aromatic carbocycles. The molecule has 0 unspecified atom stereocenters. The highest BCUT2D eigenvalue weighted by Crippen LogP contribution is 2.37. The van der Waals surface area contributed by atoms with Crippen LogP contribution in [-0.2, 0) is 15.8 Å². The normalized spacial score (nSPS) is 23.9. The highest BCUT2D eigenvalue weighted by atomic mass is 19.4. The van der Waals surface area contributed by atoms with Gasteiger partial charge in [0.15, 0.2) is 0 Å². The Morgan fingerprint density at radius 2 is 1.75 bits per heavy atom. The summed E-state index contributed by atoms with van der Waals surface area (Å²) in [5.41, 5.74) is -0.259. The van der Waals surface area contributed by atoms with E-state index in [0.29, 0.717) is 25.1 Å². The Morgan fingerprint density at radius 3 is 2.36 bits per heavy atom. The van der Waals surface area contributed by atoms with E-state index in [4.69, 9.17) is 0 Å². The van der Waals surface area contributed by atoms with Gasteiger partial charge in [-0.3, -0.25) is 9.59 Å². The molecule has 2 aliphatic rings. The third kappa shape index (κ3) is 4.32. The van der Waals surface area contributed by atoms with Crippen molar-refractivity contribution in [1.82, 2.24) is 14.7 Å². The summed E-state index contributed by atoms with van der Waals surface area (Å²) in [4.78, 5) is 30.9. The number of alkyl halides is 3. The van der Waals surface area contributed by atoms with Crippen molar-refractivity contribution in [3.8, 4) is 0 Å². The molecule has 2 heterocycles. The van der Waals surface area contributed by atoms with Crippen LogP contribution in [0.25, 0.3) is 0 Å². The van der Waals surface area contributed by atoms with Gasteiger partial charge < -0.3 is 14.7 Å². The number of carbonyl (C=O) groups is 2. The predicted molar refractivity (Wildman–Crippen MR) is 98.6 cm³/mol. The van der Waals surface area contributed by atoms with E-state index < -0.39 is 23.6 Å². The second-order valence-electron chi connectivity index (χ2n) is 7.62. The molecule has 3 rings (SSSR count). The molecule has 5 nitrogen and oxygen atoms in total. The zero-order chi connectivity index (χ0) is 20.5. The van der Waals surface area contributed by atoms with Crippen LogP contribution in [-0.4, -0.2) is 72.8 Å². The van der Waals surface area contributed by atoms with Gasteiger partial charge in [0.2, 0.25) is 11.8 Å².